The summed E-state index contributed by atoms with van der Waals surface area (Å²) in [5.41, 5.74) is 0.843. The summed E-state index contributed by atoms with van der Waals surface area (Å²) < 4.78 is 1.63. The molecule has 8 heteroatoms. The first-order chi connectivity index (χ1) is 8.50. The van der Waals surface area contributed by atoms with Crippen molar-refractivity contribution in [3.63, 3.8) is 0 Å². The lowest BCUT2D eigenvalue weighted by molar-refractivity contribution is -0.146. The molecule has 2 amide bonds. The van der Waals surface area contributed by atoms with Gasteiger partial charge in [-0.25, -0.2) is 9.59 Å². The molecule has 0 saturated carbocycles. The molecule has 1 aromatic rings. The molecule has 0 saturated heterocycles. The second-order valence-electron chi connectivity index (χ2n) is 3.70. The number of aliphatic hydroxyl groups excluding tert-OH is 1. The van der Waals surface area contributed by atoms with Crippen molar-refractivity contribution in [3.05, 3.63) is 18.0 Å². The minimum Gasteiger partial charge on any atom is -0.479 e. The quantitative estimate of drug-likeness (QED) is 0.524. The van der Waals surface area contributed by atoms with Crippen LogP contribution in [-0.2, 0) is 18.4 Å². The molecule has 0 aromatic carbocycles. The van der Waals surface area contributed by atoms with Crippen molar-refractivity contribution in [3.8, 4) is 0 Å². The highest BCUT2D eigenvalue weighted by Crippen LogP contribution is 1.94. The van der Waals surface area contributed by atoms with Gasteiger partial charge >= 0.3 is 12.0 Å². The Hall–Kier alpha value is -2.09. The zero-order valence-electron chi connectivity index (χ0n) is 9.96. The molecule has 1 rings (SSSR count). The molecule has 0 bridgehead atoms. The number of rotatable bonds is 6. The molecule has 0 aliphatic heterocycles. The van der Waals surface area contributed by atoms with Gasteiger partial charge in [-0.3, -0.25) is 4.68 Å². The van der Waals surface area contributed by atoms with E-state index in [2.05, 4.69) is 15.7 Å². The number of aliphatic hydroxyl groups is 1. The average Bonchev–Trinajstić information content (AvgIpc) is 2.72. The molecule has 0 fully saturated rings. The Morgan fingerprint density at radius 1 is 1.50 bits per heavy atom. The third kappa shape index (κ3) is 4.42. The fraction of sp³-hybridized carbons (Fsp3) is 0.500. The number of aromatic nitrogens is 2. The number of nitrogens with zero attached hydrogens (tertiary/aromatic N) is 2. The smallest absolute Gasteiger partial charge is 0.332 e. The van der Waals surface area contributed by atoms with Crippen LogP contribution in [-0.4, -0.2) is 44.6 Å². The van der Waals surface area contributed by atoms with E-state index in [4.69, 9.17) is 10.2 Å². The predicted molar refractivity (Wildman–Crippen MR) is 61.7 cm³/mol. The monoisotopic (exact) mass is 256 g/mol. The number of carboxylic acid groups (broad SMARTS) is 1. The Bertz CT molecular complexity index is 418. The normalized spacial score (nSPS) is 11.9. The summed E-state index contributed by atoms with van der Waals surface area (Å²) in [5, 5.41) is 26.4. The number of hydrogen-bond acceptors (Lipinski definition) is 4. The Kier molecular flexibility index (Phi) is 5.12. The lowest BCUT2D eigenvalue weighted by atomic mass is 10.2. The molecule has 1 atom stereocenters. The van der Waals surface area contributed by atoms with E-state index in [1.807, 2.05) is 0 Å². The van der Waals surface area contributed by atoms with Gasteiger partial charge in [0.1, 0.15) is 0 Å². The maximum atomic E-state index is 11.3. The van der Waals surface area contributed by atoms with Crippen LogP contribution >= 0.6 is 0 Å². The van der Waals surface area contributed by atoms with Crippen LogP contribution in [0, 0.1) is 0 Å². The highest BCUT2D eigenvalue weighted by Gasteiger charge is 2.12. The fourth-order valence-corrected chi connectivity index (χ4v) is 1.25. The summed E-state index contributed by atoms with van der Waals surface area (Å²) in [6.07, 6.45) is 0.134. The second kappa shape index (κ2) is 6.60. The lowest BCUT2D eigenvalue weighted by Gasteiger charge is -2.09. The molecule has 18 heavy (non-hydrogen) atoms. The van der Waals surface area contributed by atoms with Crippen LogP contribution in [0.4, 0.5) is 4.79 Å². The first kappa shape index (κ1) is 14.0. The van der Waals surface area contributed by atoms with Crippen molar-refractivity contribution in [2.24, 2.45) is 7.05 Å². The number of carbonyl (C=O) groups excluding carboxylic acids is 1. The van der Waals surface area contributed by atoms with Gasteiger partial charge in [-0.1, -0.05) is 0 Å². The third-order valence-electron chi connectivity index (χ3n) is 2.34. The van der Waals surface area contributed by atoms with Crippen molar-refractivity contribution < 1.29 is 19.8 Å². The summed E-state index contributed by atoms with van der Waals surface area (Å²) in [5.74, 6) is -1.30. The van der Waals surface area contributed by atoms with Crippen molar-refractivity contribution in [2.75, 3.05) is 6.54 Å². The number of aliphatic carboxylic acids is 1. The summed E-state index contributed by atoms with van der Waals surface area (Å²) in [4.78, 5) is 21.6. The van der Waals surface area contributed by atoms with E-state index in [1.165, 1.54) is 0 Å². The number of aryl methyl sites for hydroxylation is 1. The average molecular weight is 256 g/mol. The zero-order chi connectivity index (χ0) is 13.5. The van der Waals surface area contributed by atoms with Gasteiger partial charge in [-0.2, -0.15) is 5.10 Å². The van der Waals surface area contributed by atoms with Gasteiger partial charge in [0.25, 0.3) is 0 Å². The van der Waals surface area contributed by atoms with Crippen molar-refractivity contribution in [1.82, 2.24) is 20.4 Å². The Labute approximate surface area is 104 Å². The Morgan fingerprint density at radius 3 is 2.78 bits per heavy atom. The number of carboxylic acids is 1. The molecule has 1 aromatic heterocycles. The first-order valence-corrected chi connectivity index (χ1v) is 5.40. The van der Waals surface area contributed by atoms with Crippen LogP contribution in [0.2, 0.25) is 0 Å². The predicted octanol–water partition coefficient (Wildman–Crippen LogP) is -0.945. The summed E-state index contributed by atoms with van der Waals surface area (Å²) in [6.45, 7) is 0.411. The van der Waals surface area contributed by atoms with E-state index in [0.717, 1.165) is 5.69 Å². The fourth-order valence-electron chi connectivity index (χ4n) is 1.25. The summed E-state index contributed by atoms with van der Waals surface area (Å²) in [6, 6.07) is 1.35. The Morgan fingerprint density at radius 2 is 2.22 bits per heavy atom. The van der Waals surface area contributed by atoms with Gasteiger partial charge in [-0.15, -0.1) is 0 Å². The van der Waals surface area contributed by atoms with Gasteiger partial charge in [0, 0.05) is 26.2 Å². The third-order valence-corrected chi connectivity index (χ3v) is 2.34. The molecular weight excluding hydrogens is 240 g/mol. The number of urea groups is 1. The van der Waals surface area contributed by atoms with Gasteiger partial charge in [0.05, 0.1) is 12.2 Å². The summed E-state index contributed by atoms with van der Waals surface area (Å²) in [7, 11) is 1.76. The maximum Gasteiger partial charge on any atom is 0.332 e. The summed E-state index contributed by atoms with van der Waals surface area (Å²) >= 11 is 0. The van der Waals surface area contributed by atoms with E-state index in [1.54, 1.807) is 24.0 Å². The highest BCUT2D eigenvalue weighted by atomic mass is 16.4. The first-order valence-electron chi connectivity index (χ1n) is 5.40. The van der Waals surface area contributed by atoms with E-state index < -0.39 is 18.1 Å². The SMILES string of the molecule is Cn1nccc1CNC(=O)NCC[C@H](O)C(=O)O. The van der Waals surface area contributed by atoms with E-state index in [-0.39, 0.29) is 13.0 Å². The molecule has 1 heterocycles. The second-order valence-corrected chi connectivity index (χ2v) is 3.70. The van der Waals surface area contributed by atoms with Crippen LogP contribution in [0.3, 0.4) is 0 Å². The van der Waals surface area contributed by atoms with E-state index >= 15 is 0 Å². The highest BCUT2D eigenvalue weighted by molar-refractivity contribution is 5.74. The minimum absolute atomic E-state index is 0.0333. The van der Waals surface area contributed by atoms with Gasteiger partial charge in [0.2, 0.25) is 0 Å². The molecular formula is C10H16N4O4. The molecule has 4 N–H and O–H groups in total. The van der Waals surface area contributed by atoms with Crippen LogP contribution in [0.25, 0.3) is 0 Å². The van der Waals surface area contributed by atoms with E-state index in [0.29, 0.717) is 6.54 Å². The van der Waals surface area contributed by atoms with Gasteiger partial charge in [0.15, 0.2) is 6.10 Å². The number of carbonyl (C=O) groups is 2. The maximum absolute atomic E-state index is 11.3. The van der Waals surface area contributed by atoms with Crippen LogP contribution < -0.4 is 10.6 Å². The van der Waals surface area contributed by atoms with Crippen LogP contribution in [0.5, 0.6) is 0 Å². The van der Waals surface area contributed by atoms with E-state index in [9.17, 15) is 9.59 Å². The largest absolute Gasteiger partial charge is 0.479 e. The molecule has 0 radical (unpaired) electrons. The molecule has 8 nitrogen and oxygen atoms in total. The topological polar surface area (TPSA) is 116 Å². The molecule has 0 aliphatic rings. The lowest BCUT2D eigenvalue weighted by Crippen LogP contribution is -2.37. The molecule has 0 aliphatic carbocycles. The van der Waals surface area contributed by atoms with Gasteiger partial charge in [-0.05, 0) is 6.07 Å². The number of nitrogens with one attached hydrogen (secondary N) is 2. The van der Waals surface area contributed by atoms with Crippen molar-refractivity contribution in [1.29, 1.82) is 0 Å². The standard InChI is InChI=1S/C10H16N4O4/c1-14-7(2-5-13-14)6-12-10(18)11-4-3-8(15)9(16)17/h2,5,8,15H,3-4,6H2,1H3,(H,16,17)(H2,11,12,18)/t8-/m0/s1. The van der Waals surface area contributed by atoms with Crippen LogP contribution in [0.15, 0.2) is 12.3 Å². The van der Waals surface area contributed by atoms with Crippen LogP contribution in [0.1, 0.15) is 12.1 Å². The van der Waals surface area contributed by atoms with Crippen molar-refractivity contribution >= 4 is 12.0 Å². The number of amides is 2. The molecule has 0 unspecified atom stereocenters. The molecule has 0 spiro atoms. The zero-order valence-corrected chi connectivity index (χ0v) is 9.96. The van der Waals surface area contributed by atoms with Gasteiger partial charge < -0.3 is 20.8 Å². The Balaban J connectivity index is 2.19. The van der Waals surface area contributed by atoms with Crippen molar-refractivity contribution in [2.45, 2.75) is 19.1 Å². The number of hydrogen-bond donors (Lipinski definition) is 4. The minimum atomic E-state index is -1.46. The molecule has 100 valence electrons.